The van der Waals surface area contributed by atoms with E-state index >= 15 is 0 Å². The molecular weight excluding hydrogens is 400 g/mol. The second kappa shape index (κ2) is 12.8. The molecule has 0 spiro atoms. The van der Waals surface area contributed by atoms with Crippen molar-refractivity contribution in [3.8, 4) is 0 Å². The molecule has 2 rings (SSSR count). The smallest absolute Gasteiger partial charge is 0.248 e. The molecule has 0 unspecified atom stereocenters. The van der Waals surface area contributed by atoms with Crippen LogP contribution in [0.25, 0.3) is 0 Å². The third kappa shape index (κ3) is 12.5. The van der Waals surface area contributed by atoms with Gasteiger partial charge >= 0.3 is 32.4 Å². The minimum absolute atomic E-state index is 0.133. The summed E-state index contributed by atoms with van der Waals surface area (Å²) in [6, 6.07) is 0. The Bertz CT molecular complexity index is 539. The third-order valence-corrected chi connectivity index (χ3v) is 5.20. The second-order valence-electron chi connectivity index (χ2n) is 5.00. The van der Waals surface area contributed by atoms with Crippen molar-refractivity contribution in [2.75, 3.05) is 13.2 Å². The van der Waals surface area contributed by atoms with Gasteiger partial charge in [-0.1, -0.05) is 0 Å². The van der Waals surface area contributed by atoms with Gasteiger partial charge in [0.1, 0.15) is 0 Å². The highest BCUT2D eigenvalue weighted by Crippen LogP contribution is 2.24. The lowest BCUT2D eigenvalue weighted by molar-refractivity contribution is 0.0985. The van der Waals surface area contributed by atoms with E-state index in [9.17, 15) is 16.8 Å². The van der Waals surface area contributed by atoms with Gasteiger partial charge in [0.05, 0.1) is 25.4 Å². The first kappa shape index (κ1) is 24.6. The molecule has 2 aliphatic carbocycles. The predicted octanol–water partition coefficient (Wildman–Crippen LogP) is 1.00. The Morgan fingerprint density at radius 3 is 1.20 bits per heavy atom. The molecule has 0 aromatic carbocycles. The van der Waals surface area contributed by atoms with Crippen LogP contribution in [0.1, 0.15) is 52.4 Å². The summed E-state index contributed by atoms with van der Waals surface area (Å²) in [5, 5.41) is 0. The summed E-state index contributed by atoms with van der Waals surface area (Å²) in [6.07, 6.45) is 5.13. The van der Waals surface area contributed by atoms with Gasteiger partial charge in [-0.3, -0.25) is 0 Å². The van der Waals surface area contributed by atoms with E-state index in [-0.39, 0.29) is 25.4 Å². The van der Waals surface area contributed by atoms with E-state index in [1.54, 1.807) is 13.8 Å². The van der Waals surface area contributed by atoms with Crippen molar-refractivity contribution in [3.05, 3.63) is 0 Å². The van der Waals surface area contributed by atoms with E-state index in [1.165, 1.54) is 0 Å². The van der Waals surface area contributed by atoms with E-state index in [1.807, 2.05) is 0 Å². The van der Waals surface area contributed by atoms with Gasteiger partial charge in [-0.2, -0.15) is 25.3 Å². The van der Waals surface area contributed by atoms with Crippen LogP contribution in [0.4, 0.5) is 0 Å². The largest absolute Gasteiger partial charge is 0.400 e. The zero-order chi connectivity index (χ0) is 19.3. The summed E-state index contributed by atoms with van der Waals surface area (Å²) in [5.41, 5.74) is 0. The molecule has 0 amide bonds. The Hall–Kier alpha value is -0.440. The van der Waals surface area contributed by atoms with Crippen LogP contribution >= 0.6 is 0 Å². The summed E-state index contributed by atoms with van der Waals surface area (Å²) in [6.45, 7) is 3.49. The van der Waals surface area contributed by atoms with Crippen LogP contribution < -0.4 is 0 Å². The third-order valence-electron chi connectivity index (χ3n) is 3.14. The summed E-state index contributed by atoms with van der Waals surface area (Å²) >= 11 is -0.750. The Morgan fingerprint density at radius 1 is 0.760 bits per heavy atom. The molecule has 2 fully saturated rings. The van der Waals surface area contributed by atoms with Crippen LogP contribution in [0.2, 0.25) is 0 Å². The standard InChI is InChI=1S/2C6H12O4S.O2S/c2*1-2-9-11(7,8)10-6-4-3-5-6;1-3-2/h2*6H,2-5H2,1H3;. The van der Waals surface area contributed by atoms with Crippen LogP contribution in [0.3, 0.4) is 0 Å². The van der Waals surface area contributed by atoms with Crippen molar-refractivity contribution in [1.29, 1.82) is 0 Å². The lowest BCUT2D eigenvalue weighted by Crippen LogP contribution is -2.26. The number of rotatable bonds is 8. The van der Waals surface area contributed by atoms with Crippen molar-refractivity contribution < 1.29 is 42.0 Å². The molecule has 0 N–H and O–H groups in total. The van der Waals surface area contributed by atoms with Gasteiger partial charge in [0, 0.05) is 0 Å². The molecule has 150 valence electrons. The molecule has 0 aromatic rings. The maximum atomic E-state index is 10.8. The maximum Gasteiger partial charge on any atom is 0.400 e. The molecule has 2 aliphatic rings. The SMILES string of the molecule is CCOS(=O)(=O)OC1CCC1.CCOS(=O)(=O)OC1CCC1.O=S=O. The number of hydrogen-bond acceptors (Lipinski definition) is 10. The topological polar surface area (TPSA) is 139 Å². The van der Waals surface area contributed by atoms with Crippen LogP contribution in [0, 0.1) is 0 Å². The Kier molecular flexibility index (Phi) is 12.6. The molecule has 0 saturated heterocycles. The van der Waals surface area contributed by atoms with Gasteiger partial charge in [-0.05, 0) is 52.4 Å². The van der Waals surface area contributed by atoms with Crippen molar-refractivity contribution in [2.24, 2.45) is 0 Å². The fourth-order valence-electron chi connectivity index (χ4n) is 1.61. The maximum absolute atomic E-state index is 10.8. The average molecular weight is 425 g/mol. The highest BCUT2D eigenvalue weighted by Gasteiger charge is 2.25. The predicted molar refractivity (Wildman–Crippen MR) is 87.5 cm³/mol. The van der Waals surface area contributed by atoms with Gasteiger partial charge in [0.25, 0.3) is 0 Å². The molecule has 0 heterocycles. The van der Waals surface area contributed by atoms with Gasteiger partial charge in [0.15, 0.2) is 0 Å². The fourth-order valence-corrected chi connectivity index (χ4v) is 3.35. The van der Waals surface area contributed by atoms with Gasteiger partial charge in [0.2, 0.25) is 0 Å². The zero-order valence-corrected chi connectivity index (χ0v) is 16.6. The lowest BCUT2D eigenvalue weighted by Gasteiger charge is -2.23. The first-order valence-corrected chi connectivity index (χ1v) is 11.1. The van der Waals surface area contributed by atoms with Crippen molar-refractivity contribution in [1.82, 2.24) is 0 Å². The Morgan fingerprint density at radius 2 is 1.04 bits per heavy atom. The molecule has 0 bridgehead atoms. The second-order valence-corrected chi connectivity index (χ2v) is 7.62. The number of hydrogen-bond donors (Lipinski definition) is 0. The molecule has 0 aliphatic heterocycles. The van der Waals surface area contributed by atoms with E-state index in [4.69, 9.17) is 8.42 Å². The van der Waals surface area contributed by atoms with Crippen molar-refractivity contribution >= 4 is 32.4 Å². The first-order chi connectivity index (χ1) is 11.7. The molecule has 13 heteroatoms. The normalized spacial score (nSPS) is 17.8. The highest BCUT2D eigenvalue weighted by molar-refractivity contribution is 7.82. The summed E-state index contributed by atoms with van der Waals surface area (Å²) in [4.78, 5) is 0. The monoisotopic (exact) mass is 424 g/mol. The van der Waals surface area contributed by atoms with E-state index in [0.717, 1.165) is 38.5 Å². The summed E-state index contributed by atoms with van der Waals surface area (Å²) < 4.78 is 77.8. The Labute approximate surface area is 152 Å². The molecule has 10 nitrogen and oxygen atoms in total. The average Bonchev–Trinajstić information content (AvgIpc) is 2.41. The minimum Gasteiger partial charge on any atom is -0.248 e. The van der Waals surface area contributed by atoms with Gasteiger partial charge in [-0.15, -0.1) is 0 Å². The van der Waals surface area contributed by atoms with Crippen LogP contribution in [0.5, 0.6) is 0 Å². The molecule has 0 radical (unpaired) electrons. The molecular formula is C12H24O10S3. The van der Waals surface area contributed by atoms with E-state index < -0.39 is 32.4 Å². The quantitative estimate of drug-likeness (QED) is 0.554. The lowest BCUT2D eigenvalue weighted by atomic mass is 9.97. The van der Waals surface area contributed by atoms with Crippen LogP contribution in [0.15, 0.2) is 0 Å². The fraction of sp³-hybridized carbons (Fsp3) is 1.00. The zero-order valence-electron chi connectivity index (χ0n) is 14.1. The first-order valence-electron chi connectivity index (χ1n) is 7.76. The highest BCUT2D eigenvalue weighted by atomic mass is 32.3. The summed E-state index contributed by atoms with van der Waals surface area (Å²) in [7, 11) is -7.38. The van der Waals surface area contributed by atoms with E-state index in [2.05, 4.69) is 16.7 Å². The molecule has 0 atom stereocenters. The van der Waals surface area contributed by atoms with Crippen molar-refractivity contribution in [2.45, 2.75) is 64.6 Å². The molecule has 2 saturated carbocycles. The van der Waals surface area contributed by atoms with Crippen LogP contribution in [-0.4, -0.2) is 50.7 Å². The van der Waals surface area contributed by atoms with Gasteiger partial charge < -0.3 is 0 Å². The summed E-state index contributed by atoms with van der Waals surface area (Å²) in [5.74, 6) is 0. The molecule has 25 heavy (non-hydrogen) atoms. The van der Waals surface area contributed by atoms with Gasteiger partial charge in [-0.25, -0.2) is 16.7 Å². The molecule has 0 aromatic heterocycles. The Balaban J connectivity index is 0.000000399. The minimum atomic E-state index is -3.69. The van der Waals surface area contributed by atoms with Crippen molar-refractivity contribution in [3.63, 3.8) is 0 Å². The van der Waals surface area contributed by atoms with E-state index in [0.29, 0.717) is 0 Å². The van der Waals surface area contributed by atoms with Crippen LogP contribution in [-0.2, 0) is 49.1 Å².